The minimum Gasteiger partial charge on any atom is -0.298 e. The molecule has 1 nitrogen and oxygen atoms in total. The summed E-state index contributed by atoms with van der Waals surface area (Å²) in [6, 6.07) is 15.0. The van der Waals surface area contributed by atoms with E-state index >= 15 is 0 Å². The third kappa shape index (κ3) is 2.21. The van der Waals surface area contributed by atoms with Crippen LogP contribution in [-0.2, 0) is 0 Å². The summed E-state index contributed by atoms with van der Waals surface area (Å²) in [4.78, 5) is 0. The molecule has 0 radical (unpaired) electrons. The summed E-state index contributed by atoms with van der Waals surface area (Å²) in [6.07, 6.45) is 0. The lowest BCUT2D eigenvalue weighted by atomic mass is 10.1. The number of nitrogens with zero attached hydrogens (tertiary/aromatic N) is 1. The standard InChI is InChI=1S/C13H16N.BH3/c1-14(2,3)13-10-6-8-11-7-4-5-9-12(11)13;/h4-10H,1-3H3;1H3/q+1;. The highest BCUT2D eigenvalue weighted by Gasteiger charge is 2.14. The minimum absolute atomic E-state index is 0. The van der Waals surface area contributed by atoms with Gasteiger partial charge in [0.05, 0.1) is 29.6 Å². The van der Waals surface area contributed by atoms with Gasteiger partial charge < -0.3 is 0 Å². The molecule has 0 atom stereocenters. The van der Waals surface area contributed by atoms with Gasteiger partial charge in [-0.05, 0) is 17.5 Å². The molecule has 0 heterocycles. The Morgan fingerprint density at radius 3 is 2.07 bits per heavy atom. The Morgan fingerprint density at radius 1 is 0.800 bits per heavy atom. The van der Waals surface area contributed by atoms with Crippen molar-refractivity contribution in [2.75, 3.05) is 21.1 Å². The van der Waals surface area contributed by atoms with Crippen molar-refractivity contribution in [3.8, 4) is 0 Å². The minimum atomic E-state index is 0. The van der Waals surface area contributed by atoms with Crippen LogP contribution >= 0.6 is 0 Å². The summed E-state index contributed by atoms with van der Waals surface area (Å²) in [6.45, 7) is 0. The predicted octanol–water partition coefficient (Wildman–Crippen LogP) is 1.85. The van der Waals surface area contributed by atoms with E-state index in [1.165, 1.54) is 16.5 Å². The van der Waals surface area contributed by atoms with Crippen molar-refractivity contribution in [3.63, 3.8) is 0 Å². The molecular weight excluding hydrogens is 181 g/mol. The van der Waals surface area contributed by atoms with Crippen molar-refractivity contribution in [2.24, 2.45) is 0 Å². The zero-order valence-corrected chi connectivity index (χ0v) is 8.99. The molecule has 0 saturated heterocycles. The number of quaternary nitrogens is 1. The third-order valence-corrected chi connectivity index (χ3v) is 2.49. The highest BCUT2D eigenvalue weighted by molar-refractivity contribution is 5.93. The number of fused-ring (bicyclic) bond motifs is 1. The van der Waals surface area contributed by atoms with Gasteiger partial charge in [0.1, 0.15) is 5.69 Å². The van der Waals surface area contributed by atoms with Crippen LogP contribution < -0.4 is 4.48 Å². The second-order valence-corrected chi connectivity index (χ2v) is 4.51. The van der Waals surface area contributed by atoms with Crippen molar-refractivity contribution in [1.82, 2.24) is 4.48 Å². The summed E-state index contributed by atoms with van der Waals surface area (Å²) in [5, 5.41) is 2.67. The van der Waals surface area contributed by atoms with E-state index in [1.807, 2.05) is 0 Å². The topological polar surface area (TPSA) is 0 Å². The van der Waals surface area contributed by atoms with E-state index in [9.17, 15) is 0 Å². The van der Waals surface area contributed by atoms with Crippen molar-refractivity contribution in [3.05, 3.63) is 42.5 Å². The maximum Gasteiger partial charge on any atom is 0.140 e. The van der Waals surface area contributed by atoms with Gasteiger partial charge in [-0.1, -0.05) is 30.3 Å². The summed E-state index contributed by atoms with van der Waals surface area (Å²) in [5.41, 5.74) is 1.36. The first-order valence-electron chi connectivity index (χ1n) is 4.89. The Hall–Kier alpha value is -1.28. The van der Waals surface area contributed by atoms with E-state index in [-0.39, 0.29) is 8.41 Å². The van der Waals surface area contributed by atoms with Gasteiger partial charge >= 0.3 is 0 Å². The molecule has 2 heteroatoms. The van der Waals surface area contributed by atoms with E-state index in [0.29, 0.717) is 0 Å². The summed E-state index contributed by atoms with van der Waals surface area (Å²) < 4.78 is 0.862. The number of hydrogen-bond acceptors (Lipinski definition) is 0. The van der Waals surface area contributed by atoms with Crippen LogP contribution in [0.1, 0.15) is 0 Å². The molecule has 2 rings (SSSR count). The molecule has 0 unspecified atom stereocenters. The lowest BCUT2D eigenvalue weighted by Crippen LogP contribution is -2.34. The molecule has 0 aromatic heterocycles. The van der Waals surface area contributed by atoms with Gasteiger partial charge in [0.15, 0.2) is 0 Å². The summed E-state index contributed by atoms with van der Waals surface area (Å²) >= 11 is 0. The molecule has 2 aromatic carbocycles. The van der Waals surface area contributed by atoms with E-state index in [0.717, 1.165) is 4.48 Å². The van der Waals surface area contributed by atoms with Crippen molar-refractivity contribution >= 4 is 24.9 Å². The second-order valence-electron chi connectivity index (χ2n) is 4.51. The van der Waals surface area contributed by atoms with Crippen LogP contribution in [0, 0.1) is 0 Å². The highest BCUT2D eigenvalue weighted by Crippen LogP contribution is 2.27. The molecule has 15 heavy (non-hydrogen) atoms. The average molecular weight is 200 g/mol. The Labute approximate surface area is 93.5 Å². The molecule has 0 N–H and O–H groups in total. The monoisotopic (exact) mass is 200 g/mol. The normalized spacial score (nSPS) is 11.1. The molecule has 0 aliphatic carbocycles. The van der Waals surface area contributed by atoms with Crippen LogP contribution in [0.4, 0.5) is 5.69 Å². The number of hydrogen-bond donors (Lipinski definition) is 0. The Kier molecular flexibility index (Phi) is 3.20. The SMILES string of the molecule is B.C[N+](C)(C)c1cccc2ccccc12. The maximum absolute atomic E-state index is 2.20. The van der Waals surface area contributed by atoms with Gasteiger partial charge in [-0.3, -0.25) is 4.48 Å². The van der Waals surface area contributed by atoms with Crippen LogP contribution in [0.15, 0.2) is 42.5 Å². The molecule has 0 fully saturated rings. The van der Waals surface area contributed by atoms with Gasteiger partial charge in [0, 0.05) is 5.39 Å². The first-order chi connectivity index (χ1) is 6.59. The average Bonchev–Trinajstić information content (AvgIpc) is 2.15. The fourth-order valence-electron chi connectivity index (χ4n) is 1.79. The van der Waals surface area contributed by atoms with Gasteiger partial charge in [-0.25, -0.2) is 0 Å². The highest BCUT2D eigenvalue weighted by atomic mass is 15.3. The first kappa shape index (κ1) is 11.8. The number of benzene rings is 2. The fourth-order valence-corrected chi connectivity index (χ4v) is 1.79. The molecule has 78 valence electrons. The molecule has 0 saturated carbocycles. The maximum atomic E-state index is 2.20. The molecule has 0 aliphatic rings. The first-order valence-corrected chi connectivity index (χ1v) is 4.89. The molecular formula is C13H19BN+. The van der Waals surface area contributed by atoms with Crippen molar-refractivity contribution in [2.45, 2.75) is 0 Å². The fraction of sp³-hybridized carbons (Fsp3) is 0.231. The van der Waals surface area contributed by atoms with E-state index in [4.69, 9.17) is 0 Å². The molecule has 0 aliphatic heterocycles. The quantitative estimate of drug-likeness (QED) is 0.486. The molecule has 0 amide bonds. The Morgan fingerprint density at radius 2 is 1.40 bits per heavy atom. The zero-order chi connectivity index (χ0) is 10.2. The van der Waals surface area contributed by atoms with E-state index < -0.39 is 0 Å². The van der Waals surface area contributed by atoms with Crippen molar-refractivity contribution < 1.29 is 0 Å². The van der Waals surface area contributed by atoms with Crippen molar-refractivity contribution in [1.29, 1.82) is 0 Å². The third-order valence-electron chi connectivity index (χ3n) is 2.49. The summed E-state index contributed by atoms with van der Waals surface area (Å²) in [7, 11) is 6.59. The second kappa shape index (κ2) is 4.07. The lowest BCUT2D eigenvalue weighted by Gasteiger charge is -2.24. The van der Waals surface area contributed by atoms with Gasteiger partial charge in [-0.15, -0.1) is 0 Å². The van der Waals surface area contributed by atoms with E-state index in [1.54, 1.807) is 0 Å². The van der Waals surface area contributed by atoms with Crippen LogP contribution in [0.2, 0.25) is 0 Å². The molecule has 0 spiro atoms. The Balaban J connectivity index is 0.00000112. The van der Waals surface area contributed by atoms with Gasteiger partial charge in [0.25, 0.3) is 0 Å². The molecule has 0 bridgehead atoms. The van der Waals surface area contributed by atoms with Crippen LogP contribution in [0.25, 0.3) is 10.8 Å². The smallest absolute Gasteiger partial charge is 0.140 e. The Bertz CT molecular complexity index is 452. The number of rotatable bonds is 1. The van der Waals surface area contributed by atoms with Gasteiger partial charge in [0.2, 0.25) is 0 Å². The predicted molar refractivity (Wildman–Crippen MR) is 73.5 cm³/mol. The molecule has 2 aromatic rings. The van der Waals surface area contributed by atoms with Crippen LogP contribution in [-0.4, -0.2) is 29.6 Å². The van der Waals surface area contributed by atoms with Crippen LogP contribution in [0.3, 0.4) is 0 Å². The lowest BCUT2D eigenvalue weighted by molar-refractivity contribution is 0.490. The zero-order valence-electron chi connectivity index (χ0n) is 8.99. The van der Waals surface area contributed by atoms with Crippen LogP contribution in [0.5, 0.6) is 0 Å². The van der Waals surface area contributed by atoms with Gasteiger partial charge in [-0.2, -0.15) is 0 Å². The largest absolute Gasteiger partial charge is 0.298 e. The van der Waals surface area contributed by atoms with E-state index in [2.05, 4.69) is 63.6 Å². The summed E-state index contributed by atoms with van der Waals surface area (Å²) in [5.74, 6) is 0.